The van der Waals surface area contributed by atoms with Crippen LogP contribution < -0.4 is 0 Å². The predicted molar refractivity (Wildman–Crippen MR) is 50.7 cm³/mol. The van der Waals surface area contributed by atoms with Crippen molar-refractivity contribution in [1.29, 1.82) is 0 Å². The van der Waals surface area contributed by atoms with E-state index in [0.29, 0.717) is 10.0 Å². The molecule has 1 fully saturated rings. The highest BCUT2D eigenvalue weighted by molar-refractivity contribution is 9.10. The maximum atomic E-state index is 12.4. The highest BCUT2D eigenvalue weighted by Crippen LogP contribution is 2.42. The lowest BCUT2D eigenvalue weighted by atomic mass is 10.1. The fraction of sp³-hybridized carbons (Fsp3) is 0.300. The van der Waals surface area contributed by atoms with Gasteiger partial charge in [0.1, 0.15) is 0 Å². The summed E-state index contributed by atoms with van der Waals surface area (Å²) < 4.78 is 37.7. The maximum Gasteiger partial charge on any atom is 0.416 e. The van der Waals surface area contributed by atoms with Gasteiger partial charge in [0.2, 0.25) is 0 Å². The van der Waals surface area contributed by atoms with Gasteiger partial charge in [-0.3, -0.25) is 0 Å². The van der Waals surface area contributed by atoms with Gasteiger partial charge in [0.15, 0.2) is 0 Å². The van der Waals surface area contributed by atoms with Crippen LogP contribution in [0.3, 0.4) is 0 Å². The first-order chi connectivity index (χ1) is 6.47. The van der Waals surface area contributed by atoms with Crippen molar-refractivity contribution in [3.63, 3.8) is 0 Å². The molecule has 1 aromatic rings. The van der Waals surface area contributed by atoms with Crippen molar-refractivity contribution < 1.29 is 13.2 Å². The summed E-state index contributed by atoms with van der Waals surface area (Å²) in [7, 11) is 0. The van der Waals surface area contributed by atoms with Crippen molar-refractivity contribution in [3.8, 4) is 0 Å². The Morgan fingerprint density at radius 3 is 2.21 bits per heavy atom. The molecule has 1 radical (unpaired) electrons. The minimum absolute atomic E-state index is 0.488. The lowest BCUT2D eigenvalue weighted by Crippen LogP contribution is -2.05. The first-order valence-corrected chi connectivity index (χ1v) is 4.99. The summed E-state index contributed by atoms with van der Waals surface area (Å²) in [6.45, 7) is 0. The standard InChI is InChI=1S/C10H7BrF3/c11-9-4-7(6-1-2-6)3-8(5-9)10(12,13)14/h3-5H,1-2H2. The molecule has 0 bridgehead atoms. The van der Waals surface area contributed by atoms with E-state index in [1.54, 1.807) is 6.07 Å². The number of benzene rings is 1. The number of hydrogen-bond donors (Lipinski definition) is 0. The van der Waals surface area contributed by atoms with Gasteiger partial charge in [-0.15, -0.1) is 0 Å². The number of hydrogen-bond acceptors (Lipinski definition) is 0. The van der Waals surface area contributed by atoms with E-state index in [-0.39, 0.29) is 0 Å². The minimum atomic E-state index is -4.26. The van der Waals surface area contributed by atoms with E-state index in [2.05, 4.69) is 15.9 Å². The second-order valence-electron chi connectivity index (χ2n) is 3.33. The highest BCUT2D eigenvalue weighted by Gasteiger charge is 2.33. The summed E-state index contributed by atoms with van der Waals surface area (Å²) in [6, 6.07) is 4.05. The van der Waals surface area contributed by atoms with Crippen LogP contribution in [0.2, 0.25) is 0 Å². The van der Waals surface area contributed by atoms with Crippen LogP contribution in [0.1, 0.15) is 24.0 Å². The number of halogens is 4. The molecule has 0 unspecified atom stereocenters. The van der Waals surface area contributed by atoms with Crippen molar-refractivity contribution in [2.24, 2.45) is 0 Å². The lowest BCUT2D eigenvalue weighted by Gasteiger charge is -2.09. The molecule has 75 valence electrons. The van der Waals surface area contributed by atoms with Gasteiger partial charge in [-0.05, 0) is 36.6 Å². The molecule has 0 aliphatic heterocycles. The molecular formula is C10H7BrF3. The van der Waals surface area contributed by atoms with E-state index < -0.39 is 11.7 Å². The molecule has 1 aromatic carbocycles. The third-order valence-corrected chi connectivity index (χ3v) is 2.59. The Kier molecular flexibility index (Phi) is 2.33. The van der Waals surface area contributed by atoms with E-state index in [4.69, 9.17) is 0 Å². The summed E-state index contributed by atoms with van der Waals surface area (Å²) in [5, 5.41) is 0. The average Bonchev–Trinajstić information content (AvgIpc) is 2.83. The molecule has 0 N–H and O–H groups in total. The zero-order valence-electron chi connectivity index (χ0n) is 7.16. The minimum Gasteiger partial charge on any atom is -0.166 e. The van der Waals surface area contributed by atoms with Gasteiger partial charge < -0.3 is 0 Å². The predicted octanol–water partition coefficient (Wildman–Crippen LogP) is 4.18. The van der Waals surface area contributed by atoms with Crippen molar-refractivity contribution >= 4 is 15.9 Å². The molecule has 0 nitrogen and oxygen atoms in total. The Labute approximate surface area is 88.2 Å². The quantitative estimate of drug-likeness (QED) is 0.713. The number of rotatable bonds is 1. The molecule has 4 heteroatoms. The smallest absolute Gasteiger partial charge is 0.166 e. The first-order valence-electron chi connectivity index (χ1n) is 4.20. The van der Waals surface area contributed by atoms with Crippen molar-refractivity contribution in [2.75, 3.05) is 0 Å². The molecule has 1 saturated carbocycles. The zero-order valence-corrected chi connectivity index (χ0v) is 8.74. The molecule has 0 spiro atoms. The Bertz CT molecular complexity index is 353. The van der Waals surface area contributed by atoms with Crippen LogP contribution in [0, 0.1) is 5.92 Å². The average molecular weight is 264 g/mol. The zero-order chi connectivity index (χ0) is 10.3. The molecule has 1 aliphatic carbocycles. The fourth-order valence-corrected chi connectivity index (χ4v) is 1.80. The summed E-state index contributed by atoms with van der Waals surface area (Å²) in [4.78, 5) is 0. The monoisotopic (exact) mass is 263 g/mol. The van der Waals surface area contributed by atoms with E-state index in [1.807, 2.05) is 0 Å². The third-order valence-electron chi connectivity index (χ3n) is 2.13. The molecule has 0 heterocycles. The third kappa shape index (κ3) is 2.11. The van der Waals surface area contributed by atoms with Gasteiger partial charge in [-0.25, -0.2) is 0 Å². The second kappa shape index (κ2) is 3.26. The van der Waals surface area contributed by atoms with Crippen molar-refractivity contribution in [2.45, 2.75) is 19.0 Å². The molecule has 0 amide bonds. The van der Waals surface area contributed by atoms with Crippen LogP contribution in [-0.2, 0) is 6.18 Å². The highest BCUT2D eigenvalue weighted by atomic mass is 79.9. The van der Waals surface area contributed by atoms with Crippen LogP contribution in [0.4, 0.5) is 13.2 Å². The SMILES string of the molecule is FC(F)(F)c1cc(Br)cc([C]2CC2)c1. The maximum absolute atomic E-state index is 12.4. The second-order valence-corrected chi connectivity index (χ2v) is 4.25. The van der Waals surface area contributed by atoms with Gasteiger partial charge in [0.05, 0.1) is 5.56 Å². The van der Waals surface area contributed by atoms with E-state index in [9.17, 15) is 13.2 Å². The largest absolute Gasteiger partial charge is 0.416 e. The molecule has 0 atom stereocenters. The summed E-state index contributed by atoms with van der Waals surface area (Å²) in [5.74, 6) is 1.11. The van der Waals surface area contributed by atoms with Gasteiger partial charge in [0.25, 0.3) is 0 Å². The summed E-state index contributed by atoms with van der Waals surface area (Å²) in [6.07, 6.45) is -2.41. The van der Waals surface area contributed by atoms with Gasteiger partial charge in [0, 0.05) is 10.4 Å². The Balaban J connectivity index is 2.41. The molecule has 14 heavy (non-hydrogen) atoms. The first kappa shape index (κ1) is 10.0. The van der Waals surface area contributed by atoms with E-state index in [1.165, 1.54) is 6.07 Å². The molecule has 1 aliphatic rings. The summed E-state index contributed by atoms with van der Waals surface area (Å²) >= 11 is 3.09. The topological polar surface area (TPSA) is 0 Å². The Hall–Kier alpha value is -0.510. The van der Waals surface area contributed by atoms with Crippen LogP contribution >= 0.6 is 15.9 Å². The Morgan fingerprint density at radius 1 is 1.07 bits per heavy atom. The van der Waals surface area contributed by atoms with Crippen molar-refractivity contribution in [1.82, 2.24) is 0 Å². The van der Waals surface area contributed by atoms with E-state index >= 15 is 0 Å². The van der Waals surface area contributed by atoms with Crippen molar-refractivity contribution in [3.05, 3.63) is 39.7 Å². The normalized spacial score (nSPS) is 17.1. The lowest BCUT2D eigenvalue weighted by molar-refractivity contribution is -0.137. The van der Waals surface area contributed by atoms with Crippen LogP contribution in [0.25, 0.3) is 0 Å². The van der Waals surface area contributed by atoms with Crippen LogP contribution in [0.15, 0.2) is 22.7 Å². The number of alkyl halides is 3. The van der Waals surface area contributed by atoms with Gasteiger partial charge in [-0.1, -0.05) is 15.9 Å². The van der Waals surface area contributed by atoms with Crippen LogP contribution in [-0.4, -0.2) is 0 Å². The molecule has 0 saturated heterocycles. The van der Waals surface area contributed by atoms with Gasteiger partial charge in [-0.2, -0.15) is 13.2 Å². The summed E-state index contributed by atoms with van der Waals surface area (Å²) in [5.41, 5.74) is 0.132. The van der Waals surface area contributed by atoms with Crippen LogP contribution in [0.5, 0.6) is 0 Å². The fourth-order valence-electron chi connectivity index (χ4n) is 1.31. The van der Waals surface area contributed by atoms with E-state index in [0.717, 1.165) is 24.8 Å². The molecular weight excluding hydrogens is 257 g/mol. The molecule has 2 rings (SSSR count). The Morgan fingerprint density at radius 2 is 1.71 bits per heavy atom. The molecule has 0 aromatic heterocycles. The van der Waals surface area contributed by atoms with Gasteiger partial charge >= 0.3 is 6.18 Å².